The lowest BCUT2D eigenvalue weighted by atomic mass is 9.49. The normalized spacial score (nSPS) is 51.2. The molecule has 2 saturated heterocycles. The lowest BCUT2D eigenvalue weighted by Crippen LogP contribution is -2.55. The van der Waals surface area contributed by atoms with Gasteiger partial charge in [0.1, 0.15) is 0 Å². The van der Waals surface area contributed by atoms with Crippen LogP contribution in [0.15, 0.2) is 0 Å². The van der Waals surface area contributed by atoms with Crippen LogP contribution in [-0.2, 0) is 4.79 Å². The highest BCUT2D eigenvalue weighted by molar-refractivity contribution is 5.83. The van der Waals surface area contributed by atoms with Crippen LogP contribution in [0.1, 0.15) is 57.8 Å². The molecule has 3 heteroatoms. The number of carbonyl (C=O) groups excluding carboxylic acids is 1. The van der Waals surface area contributed by atoms with Crippen LogP contribution in [0.5, 0.6) is 0 Å². The quantitative estimate of drug-likeness (QED) is 0.804. The first-order chi connectivity index (χ1) is 10.2. The molecule has 0 aromatic heterocycles. The van der Waals surface area contributed by atoms with Crippen molar-refractivity contribution in [3.05, 3.63) is 0 Å². The Morgan fingerprint density at radius 3 is 2.19 bits per heavy atom. The van der Waals surface area contributed by atoms with Crippen molar-refractivity contribution in [2.24, 2.45) is 23.2 Å². The van der Waals surface area contributed by atoms with Gasteiger partial charge in [0.15, 0.2) is 0 Å². The summed E-state index contributed by atoms with van der Waals surface area (Å²) in [6.45, 7) is 1.99. The standard InChI is InChI=1S/C18H28N2O/c21-17(20-4-3-15-1-2-16(11-20)19-15)18-8-12-5-13(9-18)7-14(6-12)10-18/h12-16,19H,1-11H2. The van der Waals surface area contributed by atoms with E-state index in [0.29, 0.717) is 18.0 Å². The summed E-state index contributed by atoms with van der Waals surface area (Å²) in [4.78, 5) is 15.6. The predicted octanol–water partition coefficient (Wildman–Crippen LogP) is 2.56. The number of hydrogen-bond donors (Lipinski definition) is 1. The first-order valence-corrected chi connectivity index (χ1v) is 9.26. The van der Waals surface area contributed by atoms with Gasteiger partial charge in [-0.05, 0) is 75.5 Å². The lowest BCUT2D eigenvalue weighted by Gasteiger charge is -2.56. The van der Waals surface area contributed by atoms with Crippen molar-refractivity contribution in [2.75, 3.05) is 13.1 Å². The fourth-order valence-electron chi connectivity index (χ4n) is 6.84. The van der Waals surface area contributed by atoms with E-state index in [9.17, 15) is 4.79 Å². The van der Waals surface area contributed by atoms with Gasteiger partial charge in [0.05, 0.1) is 5.41 Å². The Bertz CT molecular complexity index is 425. The van der Waals surface area contributed by atoms with E-state index in [0.717, 1.165) is 30.8 Å². The molecule has 3 nitrogen and oxygen atoms in total. The molecule has 6 bridgehead atoms. The second kappa shape index (κ2) is 4.47. The molecule has 2 aliphatic heterocycles. The molecular formula is C18H28N2O. The van der Waals surface area contributed by atoms with E-state index in [1.165, 1.54) is 57.8 Å². The van der Waals surface area contributed by atoms with Crippen LogP contribution < -0.4 is 5.32 Å². The molecular weight excluding hydrogens is 260 g/mol. The highest BCUT2D eigenvalue weighted by Gasteiger charge is 2.55. The van der Waals surface area contributed by atoms with E-state index < -0.39 is 0 Å². The highest BCUT2D eigenvalue weighted by Crippen LogP contribution is 2.60. The number of likely N-dealkylation sites (tertiary alicyclic amines) is 1. The summed E-state index contributed by atoms with van der Waals surface area (Å²) >= 11 is 0. The molecule has 21 heavy (non-hydrogen) atoms. The first-order valence-electron chi connectivity index (χ1n) is 9.26. The molecule has 1 amide bonds. The molecule has 2 unspecified atom stereocenters. The number of nitrogens with one attached hydrogen (secondary N) is 1. The number of amides is 1. The minimum Gasteiger partial charge on any atom is -0.341 e. The van der Waals surface area contributed by atoms with Crippen molar-refractivity contribution >= 4 is 5.91 Å². The molecule has 6 aliphatic rings. The highest BCUT2D eigenvalue weighted by atomic mass is 16.2. The van der Waals surface area contributed by atoms with Crippen LogP contribution in [0.4, 0.5) is 0 Å². The SMILES string of the molecule is O=C(N1CCC2CCC(C1)N2)C12CC3CC(CC(C3)C1)C2. The predicted molar refractivity (Wildman–Crippen MR) is 81.7 cm³/mol. The van der Waals surface area contributed by atoms with E-state index in [2.05, 4.69) is 10.2 Å². The van der Waals surface area contributed by atoms with Crippen LogP contribution in [0.2, 0.25) is 0 Å². The van der Waals surface area contributed by atoms with Crippen LogP contribution in [0, 0.1) is 23.2 Å². The summed E-state index contributed by atoms with van der Waals surface area (Å²) in [5.74, 6) is 3.18. The number of nitrogens with zero attached hydrogens (tertiary/aromatic N) is 1. The van der Waals surface area contributed by atoms with E-state index in [1.54, 1.807) is 0 Å². The monoisotopic (exact) mass is 288 g/mol. The largest absolute Gasteiger partial charge is 0.341 e. The number of fused-ring (bicyclic) bond motifs is 2. The van der Waals surface area contributed by atoms with Crippen LogP contribution >= 0.6 is 0 Å². The molecule has 0 aromatic carbocycles. The molecule has 1 N–H and O–H groups in total. The van der Waals surface area contributed by atoms with Crippen molar-refractivity contribution in [3.63, 3.8) is 0 Å². The van der Waals surface area contributed by atoms with Crippen molar-refractivity contribution in [1.82, 2.24) is 10.2 Å². The topological polar surface area (TPSA) is 32.3 Å². The number of carbonyl (C=O) groups is 1. The van der Waals surface area contributed by atoms with Crippen LogP contribution in [0.3, 0.4) is 0 Å². The smallest absolute Gasteiger partial charge is 0.228 e. The minimum absolute atomic E-state index is 0.0678. The third-order valence-electron chi connectivity index (χ3n) is 7.30. The van der Waals surface area contributed by atoms with Gasteiger partial charge in [-0.1, -0.05) is 0 Å². The zero-order valence-corrected chi connectivity index (χ0v) is 13.0. The second-order valence-corrected chi connectivity index (χ2v) is 8.88. The van der Waals surface area contributed by atoms with Gasteiger partial charge < -0.3 is 10.2 Å². The van der Waals surface area contributed by atoms with Gasteiger partial charge in [0, 0.05) is 25.2 Å². The Kier molecular flexibility index (Phi) is 2.75. The molecule has 0 radical (unpaired) electrons. The average Bonchev–Trinajstić information content (AvgIpc) is 2.76. The van der Waals surface area contributed by atoms with Gasteiger partial charge in [0.25, 0.3) is 0 Å². The van der Waals surface area contributed by atoms with E-state index in [-0.39, 0.29) is 5.41 Å². The third-order valence-corrected chi connectivity index (χ3v) is 7.30. The summed E-state index contributed by atoms with van der Waals surface area (Å²) in [6.07, 6.45) is 11.7. The van der Waals surface area contributed by atoms with E-state index in [1.807, 2.05) is 0 Å². The molecule has 116 valence electrons. The molecule has 2 atom stereocenters. The average molecular weight is 288 g/mol. The minimum atomic E-state index is 0.0678. The van der Waals surface area contributed by atoms with Gasteiger partial charge in [-0.3, -0.25) is 4.79 Å². The van der Waals surface area contributed by atoms with Gasteiger partial charge in [-0.25, -0.2) is 0 Å². The number of rotatable bonds is 1. The van der Waals surface area contributed by atoms with Crippen molar-refractivity contribution in [1.29, 1.82) is 0 Å². The third kappa shape index (κ3) is 1.99. The summed E-state index contributed by atoms with van der Waals surface area (Å²) in [5, 5.41) is 3.72. The summed E-state index contributed by atoms with van der Waals surface area (Å²) < 4.78 is 0. The first kappa shape index (κ1) is 12.9. The fourth-order valence-corrected chi connectivity index (χ4v) is 6.84. The summed E-state index contributed by atoms with van der Waals surface area (Å²) in [7, 11) is 0. The molecule has 6 rings (SSSR count). The molecule has 4 aliphatic carbocycles. The van der Waals surface area contributed by atoms with E-state index in [4.69, 9.17) is 0 Å². The Morgan fingerprint density at radius 1 is 0.905 bits per heavy atom. The van der Waals surface area contributed by atoms with Gasteiger partial charge in [-0.2, -0.15) is 0 Å². The molecule has 0 aromatic rings. The Hall–Kier alpha value is -0.570. The molecule has 2 heterocycles. The van der Waals surface area contributed by atoms with Gasteiger partial charge in [0.2, 0.25) is 5.91 Å². The van der Waals surface area contributed by atoms with Crippen LogP contribution in [0.25, 0.3) is 0 Å². The Labute approximate surface area is 127 Å². The molecule has 4 saturated carbocycles. The molecule has 0 spiro atoms. The van der Waals surface area contributed by atoms with Crippen molar-refractivity contribution < 1.29 is 4.79 Å². The Morgan fingerprint density at radius 2 is 1.52 bits per heavy atom. The van der Waals surface area contributed by atoms with Gasteiger partial charge in [-0.15, -0.1) is 0 Å². The Balaban J connectivity index is 1.38. The molecule has 6 fully saturated rings. The van der Waals surface area contributed by atoms with Crippen molar-refractivity contribution in [2.45, 2.75) is 69.9 Å². The lowest BCUT2D eigenvalue weighted by molar-refractivity contribution is -0.157. The van der Waals surface area contributed by atoms with Crippen molar-refractivity contribution in [3.8, 4) is 0 Å². The van der Waals surface area contributed by atoms with Gasteiger partial charge >= 0.3 is 0 Å². The maximum Gasteiger partial charge on any atom is 0.228 e. The zero-order valence-electron chi connectivity index (χ0n) is 13.0. The van der Waals surface area contributed by atoms with Crippen LogP contribution in [-0.4, -0.2) is 36.0 Å². The number of hydrogen-bond acceptors (Lipinski definition) is 2. The maximum atomic E-state index is 13.4. The van der Waals surface area contributed by atoms with E-state index >= 15 is 0 Å². The maximum absolute atomic E-state index is 13.4. The second-order valence-electron chi connectivity index (χ2n) is 8.88. The zero-order chi connectivity index (χ0) is 14.0. The summed E-state index contributed by atoms with van der Waals surface area (Å²) in [5.41, 5.74) is 0.0678. The fraction of sp³-hybridized carbons (Fsp3) is 0.944. The summed E-state index contributed by atoms with van der Waals surface area (Å²) in [6, 6.07) is 1.26.